The molecule has 0 spiro atoms. The number of benzene rings is 2. The fourth-order valence-electron chi connectivity index (χ4n) is 5.01. The number of rotatable bonds is 8. The van der Waals surface area contributed by atoms with Crippen molar-refractivity contribution in [2.45, 2.75) is 64.5 Å². The number of fused-ring (bicyclic) bond motifs is 1. The maximum absolute atomic E-state index is 14.0. The molecule has 37 heavy (non-hydrogen) atoms. The van der Waals surface area contributed by atoms with Crippen molar-refractivity contribution in [2.24, 2.45) is 0 Å². The molecular formula is C28H35BrN4O4. The van der Waals surface area contributed by atoms with E-state index in [9.17, 15) is 9.59 Å². The lowest BCUT2D eigenvalue weighted by Gasteiger charge is -2.33. The van der Waals surface area contributed by atoms with Crippen LogP contribution in [0.2, 0.25) is 0 Å². The third-order valence-corrected chi connectivity index (χ3v) is 7.79. The lowest BCUT2D eigenvalue weighted by molar-refractivity contribution is 0.168. The van der Waals surface area contributed by atoms with Crippen LogP contribution in [-0.4, -0.2) is 47.3 Å². The summed E-state index contributed by atoms with van der Waals surface area (Å²) < 4.78 is 13.2. The Bertz CT molecular complexity index is 1320. The largest absolute Gasteiger partial charge is 0.497 e. The highest BCUT2D eigenvalue weighted by Crippen LogP contribution is 2.37. The van der Waals surface area contributed by atoms with Gasteiger partial charge in [0.2, 0.25) is 0 Å². The third-order valence-electron chi connectivity index (χ3n) is 6.99. The van der Waals surface area contributed by atoms with Gasteiger partial charge in [-0.1, -0.05) is 38.3 Å². The molecule has 1 atom stereocenters. The molecule has 4 rings (SSSR count). The Balaban J connectivity index is 1.88. The van der Waals surface area contributed by atoms with Gasteiger partial charge >= 0.3 is 6.03 Å². The summed E-state index contributed by atoms with van der Waals surface area (Å²) in [5, 5.41) is 3.72. The summed E-state index contributed by atoms with van der Waals surface area (Å²) in [4.78, 5) is 34.2. The molecule has 2 aromatic carbocycles. The van der Waals surface area contributed by atoms with Crippen LogP contribution >= 0.6 is 15.9 Å². The Kier molecular flexibility index (Phi) is 8.74. The Labute approximate surface area is 226 Å². The molecule has 1 fully saturated rings. The van der Waals surface area contributed by atoms with Gasteiger partial charge in [-0.3, -0.25) is 9.36 Å². The maximum atomic E-state index is 14.0. The highest BCUT2D eigenvalue weighted by molar-refractivity contribution is 9.10. The molecule has 1 aliphatic rings. The predicted octanol–water partition coefficient (Wildman–Crippen LogP) is 5.98. The minimum atomic E-state index is -0.482. The van der Waals surface area contributed by atoms with E-state index in [0.29, 0.717) is 44.9 Å². The zero-order valence-corrected chi connectivity index (χ0v) is 23.5. The second-order valence-electron chi connectivity index (χ2n) is 9.44. The van der Waals surface area contributed by atoms with Crippen molar-refractivity contribution in [1.82, 2.24) is 19.8 Å². The van der Waals surface area contributed by atoms with Crippen molar-refractivity contribution in [1.29, 1.82) is 0 Å². The van der Waals surface area contributed by atoms with Crippen molar-refractivity contribution in [2.75, 3.05) is 20.8 Å². The highest BCUT2D eigenvalue weighted by atomic mass is 79.9. The first kappa shape index (κ1) is 27.0. The minimum Gasteiger partial charge on any atom is -0.497 e. The summed E-state index contributed by atoms with van der Waals surface area (Å²) in [6, 6.07) is 10.4. The van der Waals surface area contributed by atoms with Crippen LogP contribution in [0.15, 0.2) is 45.7 Å². The molecule has 1 aromatic heterocycles. The predicted molar refractivity (Wildman–Crippen MR) is 149 cm³/mol. The quantitative estimate of drug-likeness (QED) is 0.360. The van der Waals surface area contributed by atoms with Gasteiger partial charge in [0.25, 0.3) is 5.56 Å². The SMILES string of the molecule is CCCN(C(=O)NC1CCCCC1)C(C)c1nc2ccccc2c(=O)n1-c1cc(OC)cc(OC)c1Br. The molecule has 2 amide bonds. The number of ether oxygens (including phenoxy) is 2. The van der Waals surface area contributed by atoms with E-state index in [1.807, 2.05) is 32.0 Å². The second kappa shape index (κ2) is 12.0. The number of hydrogen-bond acceptors (Lipinski definition) is 5. The van der Waals surface area contributed by atoms with Crippen LogP contribution in [0, 0.1) is 0 Å². The van der Waals surface area contributed by atoms with Gasteiger partial charge in [-0.2, -0.15) is 0 Å². The number of urea groups is 1. The standard InChI is InChI=1S/C28H35BrN4O4/c1-5-15-32(28(35)30-19-11-7-6-8-12-19)18(2)26-31-22-14-10-9-13-21(22)27(34)33(26)23-16-20(36-3)17-24(37-4)25(23)29/h9-10,13-14,16-19H,5-8,11-12,15H2,1-4H3,(H,30,35). The Hall–Kier alpha value is -3.07. The molecule has 0 saturated heterocycles. The zero-order chi connectivity index (χ0) is 26.5. The fraction of sp³-hybridized carbons (Fsp3) is 0.464. The van der Waals surface area contributed by atoms with Crippen molar-refractivity contribution in [3.8, 4) is 17.2 Å². The first-order chi connectivity index (χ1) is 17.9. The number of para-hydroxylation sites is 1. The first-order valence-corrected chi connectivity index (χ1v) is 13.7. The highest BCUT2D eigenvalue weighted by Gasteiger charge is 2.29. The van der Waals surface area contributed by atoms with E-state index in [1.54, 1.807) is 41.9 Å². The van der Waals surface area contributed by atoms with Gasteiger partial charge in [-0.05, 0) is 54.2 Å². The van der Waals surface area contributed by atoms with Crippen molar-refractivity contribution in [3.63, 3.8) is 0 Å². The van der Waals surface area contributed by atoms with Crippen LogP contribution in [0.1, 0.15) is 64.2 Å². The van der Waals surface area contributed by atoms with Crippen LogP contribution in [0.25, 0.3) is 16.6 Å². The lowest BCUT2D eigenvalue weighted by Crippen LogP contribution is -2.47. The van der Waals surface area contributed by atoms with E-state index < -0.39 is 6.04 Å². The summed E-state index contributed by atoms with van der Waals surface area (Å²) in [5.41, 5.74) is 0.888. The molecular weight excluding hydrogens is 536 g/mol. The number of carbonyl (C=O) groups is 1. The number of amides is 2. The molecule has 9 heteroatoms. The van der Waals surface area contributed by atoms with E-state index in [0.717, 1.165) is 32.1 Å². The normalized spacial score (nSPS) is 14.8. The molecule has 8 nitrogen and oxygen atoms in total. The van der Waals surface area contributed by atoms with Gasteiger partial charge in [-0.15, -0.1) is 0 Å². The molecule has 0 radical (unpaired) electrons. The number of nitrogens with zero attached hydrogens (tertiary/aromatic N) is 3. The summed E-state index contributed by atoms with van der Waals surface area (Å²) in [6.07, 6.45) is 6.24. The van der Waals surface area contributed by atoms with Crippen molar-refractivity contribution < 1.29 is 14.3 Å². The number of carbonyl (C=O) groups excluding carboxylic acids is 1. The van der Waals surface area contributed by atoms with Gasteiger partial charge in [0.15, 0.2) is 0 Å². The molecule has 1 N–H and O–H groups in total. The van der Waals surface area contributed by atoms with Crippen LogP contribution in [0.5, 0.6) is 11.5 Å². The topological polar surface area (TPSA) is 85.7 Å². The molecule has 1 saturated carbocycles. The Morgan fingerprint density at radius 3 is 2.59 bits per heavy atom. The molecule has 0 bridgehead atoms. The summed E-state index contributed by atoms with van der Waals surface area (Å²) >= 11 is 3.62. The number of nitrogens with one attached hydrogen (secondary N) is 1. The Morgan fingerprint density at radius 2 is 1.92 bits per heavy atom. The average molecular weight is 572 g/mol. The van der Waals surface area contributed by atoms with Crippen LogP contribution in [0.3, 0.4) is 0 Å². The van der Waals surface area contributed by atoms with E-state index >= 15 is 0 Å². The molecule has 1 unspecified atom stereocenters. The number of methoxy groups -OCH3 is 2. The summed E-state index contributed by atoms with van der Waals surface area (Å²) in [7, 11) is 3.13. The first-order valence-electron chi connectivity index (χ1n) is 12.9. The number of aromatic nitrogens is 2. The average Bonchev–Trinajstić information content (AvgIpc) is 2.92. The van der Waals surface area contributed by atoms with E-state index in [4.69, 9.17) is 14.5 Å². The van der Waals surface area contributed by atoms with Crippen LogP contribution < -0.4 is 20.3 Å². The molecule has 3 aromatic rings. The molecule has 1 heterocycles. The molecule has 198 valence electrons. The molecule has 0 aliphatic heterocycles. The maximum Gasteiger partial charge on any atom is 0.318 e. The second-order valence-corrected chi connectivity index (χ2v) is 10.2. The monoisotopic (exact) mass is 570 g/mol. The lowest BCUT2D eigenvalue weighted by atomic mass is 9.96. The van der Waals surface area contributed by atoms with E-state index in [1.165, 1.54) is 6.42 Å². The smallest absolute Gasteiger partial charge is 0.318 e. The van der Waals surface area contributed by atoms with Gasteiger partial charge in [-0.25, -0.2) is 9.78 Å². The van der Waals surface area contributed by atoms with Gasteiger partial charge in [0.05, 0.1) is 41.3 Å². The van der Waals surface area contributed by atoms with Crippen molar-refractivity contribution >= 4 is 32.9 Å². The van der Waals surface area contributed by atoms with Gasteiger partial charge in [0, 0.05) is 24.7 Å². The minimum absolute atomic E-state index is 0.127. The summed E-state index contributed by atoms with van der Waals surface area (Å²) in [5.74, 6) is 1.52. The number of hydrogen-bond donors (Lipinski definition) is 1. The summed E-state index contributed by atoms with van der Waals surface area (Å²) in [6.45, 7) is 4.50. The van der Waals surface area contributed by atoms with Crippen LogP contribution in [-0.2, 0) is 0 Å². The fourth-order valence-corrected chi connectivity index (χ4v) is 5.57. The third kappa shape index (κ3) is 5.61. The zero-order valence-electron chi connectivity index (χ0n) is 21.9. The van der Waals surface area contributed by atoms with Gasteiger partial charge < -0.3 is 19.7 Å². The van der Waals surface area contributed by atoms with E-state index in [2.05, 4.69) is 21.2 Å². The van der Waals surface area contributed by atoms with Crippen LogP contribution in [0.4, 0.5) is 4.79 Å². The number of halogens is 1. The van der Waals surface area contributed by atoms with Gasteiger partial charge in [0.1, 0.15) is 17.3 Å². The Morgan fingerprint density at radius 1 is 1.19 bits per heavy atom. The van der Waals surface area contributed by atoms with E-state index in [-0.39, 0.29) is 17.6 Å². The molecule has 1 aliphatic carbocycles. The van der Waals surface area contributed by atoms with Crippen molar-refractivity contribution in [3.05, 3.63) is 57.0 Å².